The van der Waals surface area contributed by atoms with E-state index < -0.39 is 39.0 Å². The fourth-order valence-corrected chi connectivity index (χ4v) is 10.0. The topological polar surface area (TPSA) is 106 Å². The summed E-state index contributed by atoms with van der Waals surface area (Å²) in [5, 5.41) is 17.5. The highest BCUT2D eigenvalue weighted by molar-refractivity contribution is 6.99. The van der Waals surface area contributed by atoms with Gasteiger partial charge in [-0.15, -0.1) is 6.58 Å². The highest BCUT2D eigenvalue weighted by Crippen LogP contribution is 2.38. The number of nitrogens with zero attached hydrogens (tertiary/aromatic N) is 3. The minimum Gasteiger partial charge on any atom is -0.405 e. The van der Waals surface area contributed by atoms with E-state index in [4.69, 9.17) is 18.6 Å². The van der Waals surface area contributed by atoms with E-state index in [1.54, 1.807) is 6.08 Å². The second-order valence-corrected chi connectivity index (χ2v) is 15.4. The molecule has 1 heterocycles. The summed E-state index contributed by atoms with van der Waals surface area (Å²) >= 11 is 0. The largest absolute Gasteiger partial charge is 0.405 e. The molecule has 0 radical (unpaired) electrons. The molecule has 0 bridgehead atoms. The SMILES string of the molecule is C=CCO[C@@H]1O[C@H](CO[Si](c2ccccc2)(c2ccccc2)C(C)(C)C)[C@@H](O)[C@H](OCc2ccccc2)[C@H]1N=[N+]=[N-]. The Bertz CT molecular complexity index is 1240. The number of benzene rings is 3. The molecule has 8 nitrogen and oxygen atoms in total. The first-order chi connectivity index (χ1) is 19.8. The molecule has 0 aromatic heterocycles. The van der Waals surface area contributed by atoms with E-state index in [-0.39, 0.29) is 24.9 Å². The third-order valence-electron chi connectivity index (χ3n) is 7.37. The van der Waals surface area contributed by atoms with Gasteiger partial charge in [0.2, 0.25) is 0 Å². The van der Waals surface area contributed by atoms with Gasteiger partial charge in [0.05, 0.1) is 25.9 Å². The molecule has 3 aromatic carbocycles. The second kappa shape index (κ2) is 14.1. The van der Waals surface area contributed by atoms with Gasteiger partial charge in [0, 0.05) is 4.91 Å². The van der Waals surface area contributed by atoms with Crippen LogP contribution in [0.15, 0.2) is 109 Å². The number of hydrogen-bond acceptors (Lipinski definition) is 6. The maximum absolute atomic E-state index is 11.6. The number of hydrogen-bond donors (Lipinski definition) is 1. The van der Waals surface area contributed by atoms with E-state index in [9.17, 15) is 10.6 Å². The zero-order chi connectivity index (χ0) is 29.3. The number of rotatable bonds is 12. The molecule has 0 unspecified atom stereocenters. The third-order valence-corrected chi connectivity index (χ3v) is 12.4. The van der Waals surface area contributed by atoms with Crippen LogP contribution >= 0.6 is 0 Å². The Hall–Kier alpha value is -3.27. The van der Waals surface area contributed by atoms with E-state index in [0.29, 0.717) is 0 Å². The number of aliphatic hydroxyl groups excluding tert-OH is 1. The van der Waals surface area contributed by atoms with Crippen molar-refractivity contribution in [1.29, 1.82) is 0 Å². The quantitative estimate of drug-likeness (QED) is 0.107. The molecular weight excluding hydrogens is 534 g/mol. The van der Waals surface area contributed by atoms with Crippen molar-refractivity contribution >= 4 is 18.7 Å². The van der Waals surface area contributed by atoms with Crippen molar-refractivity contribution in [3.63, 3.8) is 0 Å². The van der Waals surface area contributed by atoms with Gasteiger partial charge in [0.15, 0.2) is 6.29 Å². The van der Waals surface area contributed by atoms with Crippen molar-refractivity contribution < 1.29 is 23.7 Å². The summed E-state index contributed by atoms with van der Waals surface area (Å²) in [5.74, 6) is 0. The zero-order valence-electron chi connectivity index (χ0n) is 23.9. The van der Waals surface area contributed by atoms with Gasteiger partial charge in [-0.3, -0.25) is 0 Å². The average molecular weight is 574 g/mol. The molecule has 0 amide bonds. The van der Waals surface area contributed by atoms with Gasteiger partial charge < -0.3 is 23.7 Å². The fraction of sp³-hybridized carbons (Fsp3) is 0.375. The minimum atomic E-state index is -2.91. The summed E-state index contributed by atoms with van der Waals surface area (Å²) in [6.45, 7) is 10.8. The molecule has 0 aliphatic carbocycles. The molecule has 0 spiro atoms. The normalized spacial score (nSPS) is 23.0. The van der Waals surface area contributed by atoms with Gasteiger partial charge in [-0.25, -0.2) is 0 Å². The van der Waals surface area contributed by atoms with Crippen LogP contribution in [-0.4, -0.2) is 57.3 Å². The standard InChI is InChI=1S/C32H39N3O5Si/c1-5-21-37-31-28(34-35-33)30(38-22-24-15-9-6-10-16-24)29(36)27(40-31)23-39-41(32(2,3)4,25-17-11-7-12-18-25)26-19-13-8-14-20-26/h5-20,27-31,36H,1,21-23H2,2-4H3/t27-,28-,29-,30-,31-/m1/s1. The number of aliphatic hydroxyl groups is 1. The van der Waals surface area contributed by atoms with Crippen molar-refractivity contribution in [3.05, 3.63) is 120 Å². The van der Waals surface area contributed by atoms with Gasteiger partial charge in [-0.2, -0.15) is 0 Å². The summed E-state index contributed by atoms with van der Waals surface area (Å²) in [6, 6.07) is 29.3. The Morgan fingerprint density at radius 2 is 1.51 bits per heavy atom. The van der Waals surface area contributed by atoms with E-state index in [1.807, 2.05) is 66.7 Å². The lowest BCUT2D eigenvalue weighted by atomic mass is 9.97. The molecule has 1 saturated heterocycles. The molecule has 5 atom stereocenters. The monoisotopic (exact) mass is 573 g/mol. The van der Waals surface area contributed by atoms with E-state index in [2.05, 4.69) is 61.6 Å². The fourth-order valence-electron chi connectivity index (χ4n) is 5.45. The van der Waals surface area contributed by atoms with Crippen molar-refractivity contribution in [2.75, 3.05) is 13.2 Å². The molecule has 0 saturated carbocycles. The molecule has 1 fully saturated rings. The molecule has 1 aliphatic heterocycles. The average Bonchev–Trinajstić information content (AvgIpc) is 2.98. The first-order valence-electron chi connectivity index (χ1n) is 13.8. The Morgan fingerprint density at radius 3 is 2.02 bits per heavy atom. The van der Waals surface area contributed by atoms with Gasteiger partial charge in [0.25, 0.3) is 8.32 Å². The Kier molecular flexibility index (Phi) is 10.5. The van der Waals surface area contributed by atoms with Crippen LogP contribution in [0.3, 0.4) is 0 Å². The van der Waals surface area contributed by atoms with Crippen molar-refractivity contribution in [3.8, 4) is 0 Å². The van der Waals surface area contributed by atoms with Crippen LogP contribution in [-0.2, 0) is 25.2 Å². The summed E-state index contributed by atoms with van der Waals surface area (Å²) in [4.78, 5) is 3.00. The molecule has 41 heavy (non-hydrogen) atoms. The lowest BCUT2D eigenvalue weighted by molar-refractivity contribution is -0.270. The van der Waals surface area contributed by atoms with Gasteiger partial charge >= 0.3 is 0 Å². The first kappa shape index (κ1) is 30.7. The molecule has 1 N–H and O–H groups in total. The smallest absolute Gasteiger partial charge is 0.261 e. The molecule has 3 aromatic rings. The zero-order valence-corrected chi connectivity index (χ0v) is 24.9. The molecule has 9 heteroatoms. The molecule has 1 aliphatic rings. The van der Waals surface area contributed by atoms with Crippen LogP contribution in [0.5, 0.6) is 0 Å². The van der Waals surface area contributed by atoms with E-state index in [1.165, 1.54) is 0 Å². The summed E-state index contributed by atoms with van der Waals surface area (Å²) in [5.41, 5.74) is 10.3. The summed E-state index contributed by atoms with van der Waals surface area (Å²) in [7, 11) is -2.91. The number of azide groups is 1. The Balaban J connectivity index is 1.68. The Labute approximate surface area is 243 Å². The molecule has 4 rings (SSSR count). The predicted octanol–water partition coefficient (Wildman–Crippen LogP) is 5.12. The second-order valence-electron chi connectivity index (χ2n) is 11.1. The highest BCUT2D eigenvalue weighted by atomic mass is 28.4. The predicted molar refractivity (Wildman–Crippen MR) is 162 cm³/mol. The van der Waals surface area contributed by atoms with Gasteiger partial charge in [0.1, 0.15) is 18.2 Å². The lowest BCUT2D eigenvalue weighted by Crippen LogP contribution is -2.68. The van der Waals surface area contributed by atoms with Crippen molar-refractivity contribution in [2.45, 2.75) is 63.1 Å². The molecular formula is C32H39N3O5Si. The maximum Gasteiger partial charge on any atom is 0.261 e. The van der Waals surface area contributed by atoms with Crippen LogP contribution in [0.25, 0.3) is 10.4 Å². The summed E-state index contributed by atoms with van der Waals surface area (Å²) < 4.78 is 25.4. The Morgan fingerprint density at radius 1 is 0.951 bits per heavy atom. The van der Waals surface area contributed by atoms with Crippen molar-refractivity contribution in [2.24, 2.45) is 5.11 Å². The van der Waals surface area contributed by atoms with Crippen LogP contribution in [0.2, 0.25) is 5.04 Å². The van der Waals surface area contributed by atoms with Crippen LogP contribution in [0, 0.1) is 0 Å². The van der Waals surface area contributed by atoms with E-state index >= 15 is 0 Å². The summed E-state index contributed by atoms with van der Waals surface area (Å²) in [6.07, 6.45) is -2.20. The van der Waals surface area contributed by atoms with E-state index in [0.717, 1.165) is 15.9 Å². The van der Waals surface area contributed by atoms with Gasteiger partial charge in [-0.1, -0.05) is 123 Å². The lowest BCUT2D eigenvalue weighted by Gasteiger charge is -2.46. The highest BCUT2D eigenvalue weighted by Gasteiger charge is 2.52. The van der Waals surface area contributed by atoms with Crippen LogP contribution < -0.4 is 10.4 Å². The number of ether oxygens (including phenoxy) is 3. The molecule has 216 valence electrons. The minimum absolute atomic E-state index is 0.0799. The van der Waals surface area contributed by atoms with Crippen molar-refractivity contribution in [1.82, 2.24) is 0 Å². The van der Waals surface area contributed by atoms with Gasteiger partial charge in [-0.05, 0) is 26.5 Å². The third kappa shape index (κ3) is 6.97. The van der Waals surface area contributed by atoms with Crippen LogP contribution in [0.4, 0.5) is 0 Å². The van der Waals surface area contributed by atoms with Crippen LogP contribution in [0.1, 0.15) is 26.3 Å². The maximum atomic E-state index is 11.6. The first-order valence-corrected chi connectivity index (χ1v) is 15.7.